The number of sulfone groups is 1. The summed E-state index contributed by atoms with van der Waals surface area (Å²) in [6.45, 7) is 1.67. The van der Waals surface area contributed by atoms with Crippen LogP contribution in [-0.2, 0) is 9.84 Å². The third-order valence-electron chi connectivity index (χ3n) is 3.46. The highest BCUT2D eigenvalue weighted by Crippen LogP contribution is 2.31. The molecule has 3 nitrogen and oxygen atoms in total. The monoisotopic (exact) mass is 263 g/mol. The Morgan fingerprint density at radius 2 is 1.94 bits per heavy atom. The molecule has 0 aromatic rings. The summed E-state index contributed by atoms with van der Waals surface area (Å²) < 4.78 is 23.3. The molecule has 0 saturated heterocycles. The van der Waals surface area contributed by atoms with Crippen molar-refractivity contribution in [3.8, 4) is 0 Å². The molecule has 1 aliphatic carbocycles. The molecule has 0 heterocycles. The first-order valence-electron chi connectivity index (χ1n) is 5.96. The summed E-state index contributed by atoms with van der Waals surface area (Å²) in [7, 11) is -2.98. The van der Waals surface area contributed by atoms with Crippen molar-refractivity contribution in [2.75, 3.05) is 11.5 Å². The Labute approximate surface area is 104 Å². The van der Waals surface area contributed by atoms with E-state index in [1.807, 2.05) is 0 Å². The number of hydrogen-bond acceptors (Lipinski definition) is 3. The lowest BCUT2D eigenvalue weighted by Crippen LogP contribution is -2.35. The minimum Gasteiger partial charge on any atom is -0.393 e. The maximum absolute atomic E-state index is 11.6. The molecule has 0 aliphatic heterocycles. The van der Waals surface area contributed by atoms with Crippen molar-refractivity contribution in [3.05, 3.63) is 0 Å². The third kappa shape index (κ3) is 4.01. The fraction of sp³-hybridized carbons (Fsp3) is 0.909. The molecule has 0 spiro atoms. The lowest BCUT2D eigenvalue weighted by molar-refractivity contribution is 0.313. The highest BCUT2D eigenvalue weighted by Gasteiger charge is 2.29. The Bertz CT molecular complexity index is 332. The Morgan fingerprint density at radius 1 is 1.38 bits per heavy atom. The van der Waals surface area contributed by atoms with Gasteiger partial charge >= 0.3 is 0 Å². The second-order valence-corrected chi connectivity index (χ2v) is 7.48. The Morgan fingerprint density at radius 3 is 2.38 bits per heavy atom. The van der Waals surface area contributed by atoms with Crippen molar-refractivity contribution in [2.45, 2.75) is 39.0 Å². The minimum atomic E-state index is -2.98. The van der Waals surface area contributed by atoms with Crippen LogP contribution in [0.25, 0.3) is 0 Å². The van der Waals surface area contributed by atoms with Crippen LogP contribution >= 0.6 is 12.2 Å². The maximum Gasteiger partial charge on any atom is 0.150 e. The SMILES string of the molecule is CCS(=O)(=O)C[C@@H](C(N)=S)C1CCCCC1. The zero-order chi connectivity index (χ0) is 12.2. The van der Waals surface area contributed by atoms with Gasteiger partial charge in [-0.3, -0.25) is 0 Å². The van der Waals surface area contributed by atoms with E-state index >= 15 is 0 Å². The standard InChI is InChI=1S/C11H21NO2S2/c1-2-16(13,14)8-10(11(12)15)9-6-4-3-5-7-9/h9-10H,2-8H2,1H3,(H2,12,15)/t10-/m1/s1. The van der Waals surface area contributed by atoms with Gasteiger partial charge < -0.3 is 5.73 Å². The van der Waals surface area contributed by atoms with Gasteiger partial charge in [-0.25, -0.2) is 8.42 Å². The number of thiocarbonyl (C=S) groups is 1. The van der Waals surface area contributed by atoms with Gasteiger partial charge in [0, 0.05) is 11.7 Å². The van der Waals surface area contributed by atoms with Crippen LogP contribution in [0.15, 0.2) is 0 Å². The average Bonchev–Trinajstić information content (AvgIpc) is 2.27. The smallest absolute Gasteiger partial charge is 0.150 e. The lowest BCUT2D eigenvalue weighted by Gasteiger charge is -2.29. The van der Waals surface area contributed by atoms with Crippen molar-refractivity contribution in [2.24, 2.45) is 17.6 Å². The number of rotatable bonds is 5. The Balaban J connectivity index is 2.70. The predicted octanol–water partition coefficient (Wildman–Crippen LogP) is 1.90. The van der Waals surface area contributed by atoms with Crippen LogP contribution in [0.2, 0.25) is 0 Å². The summed E-state index contributed by atoms with van der Waals surface area (Å²) >= 11 is 5.03. The van der Waals surface area contributed by atoms with E-state index in [2.05, 4.69) is 0 Å². The molecule has 94 valence electrons. The summed E-state index contributed by atoms with van der Waals surface area (Å²) in [6, 6.07) is 0. The van der Waals surface area contributed by atoms with Crippen LogP contribution in [0.5, 0.6) is 0 Å². The first kappa shape index (κ1) is 13.9. The van der Waals surface area contributed by atoms with E-state index in [1.165, 1.54) is 19.3 Å². The molecule has 1 saturated carbocycles. The molecule has 0 bridgehead atoms. The molecule has 0 aromatic carbocycles. The molecule has 0 radical (unpaired) electrons. The fourth-order valence-corrected chi connectivity index (χ4v) is 3.99. The van der Waals surface area contributed by atoms with Crippen LogP contribution in [0.3, 0.4) is 0 Å². The second kappa shape index (κ2) is 5.96. The Kier molecular flexibility index (Phi) is 5.18. The largest absolute Gasteiger partial charge is 0.393 e. The van der Waals surface area contributed by atoms with E-state index in [1.54, 1.807) is 6.92 Å². The van der Waals surface area contributed by atoms with Crippen LogP contribution in [0, 0.1) is 11.8 Å². The molecule has 5 heteroatoms. The first-order chi connectivity index (χ1) is 7.46. The van der Waals surface area contributed by atoms with E-state index in [9.17, 15) is 8.42 Å². The molecule has 1 fully saturated rings. The van der Waals surface area contributed by atoms with Crippen molar-refractivity contribution in [1.29, 1.82) is 0 Å². The van der Waals surface area contributed by atoms with Gasteiger partial charge in [0.15, 0.2) is 9.84 Å². The molecule has 16 heavy (non-hydrogen) atoms. The number of nitrogens with two attached hydrogens (primary N) is 1. The highest BCUT2D eigenvalue weighted by molar-refractivity contribution is 7.91. The minimum absolute atomic E-state index is 0.111. The summed E-state index contributed by atoms with van der Waals surface area (Å²) in [6.07, 6.45) is 5.75. The molecular weight excluding hydrogens is 242 g/mol. The van der Waals surface area contributed by atoms with Crippen LogP contribution < -0.4 is 5.73 Å². The van der Waals surface area contributed by atoms with Crippen LogP contribution in [0.4, 0.5) is 0 Å². The van der Waals surface area contributed by atoms with Crippen LogP contribution in [0.1, 0.15) is 39.0 Å². The molecule has 0 aromatic heterocycles. The van der Waals surface area contributed by atoms with Gasteiger partial charge in [-0.1, -0.05) is 38.4 Å². The van der Waals surface area contributed by atoms with Crippen LogP contribution in [-0.4, -0.2) is 24.9 Å². The van der Waals surface area contributed by atoms with Crippen molar-refractivity contribution < 1.29 is 8.42 Å². The lowest BCUT2D eigenvalue weighted by atomic mass is 9.81. The highest BCUT2D eigenvalue weighted by atomic mass is 32.2. The van der Waals surface area contributed by atoms with Gasteiger partial charge in [-0.15, -0.1) is 0 Å². The Hall–Kier alpha value is -0.160. The molecule has 2 N–H and O–H groups in total. The van der Waals surface area contributed by atoms with E-state index < -0.39 is 9.84 Å². The van der Waals surface area contributed by atoms with Crippen molar-refractivity contribution in [1.82, 2.24) is 0 Å². The topological polar surface area (TPSA) is 60.2 Å². The summed E-state index contributed by atoms with van der Waals surface area (Å²) in [5, 5.41) is 0. The molecule has 1 aliphatic rings. The van der Waals surface area contributed by atoms with Crippen molar-refractivity contribution in [3.63, 3.8) is 0 Å². The van der Waals surface area contributed by atoms with Gasteiger partial charge in [-0.2, -0.15) is 0 Å². The van der Waals surface area contributed by atoms with E-state index in [0.717, 1.165) is 12.8 Å². The molecule has 1 rings (SSSR count). The summed E-state index contributed by atoms with van der Waals surface area (Å²) in [4.78, 5) is 0.379. The van der Waals surface area contributed by atoms with Gasteiger partial charge in [0.2, 0.25) is 0 Å². The van der Waals surface area contributed by atoms with Gasteiger partial charge in [0.25, 0.3) is 0 Å². The predicted molar refractivity (Wildman–Crippen MR) is 71.2 cm³/mol. The zero-order valence-corrected chi connectivity index (χ0v) is 11.4. The van der Waals surface area contributed by atoms with Gasteiger partial charge in [-0.05, 0) is 18.8 Å². The quantitative estimate of drug-likeness (QED) is 0.770. The van der Waals surface area contributed by atoms with Crippen molar-refractivity contribution >= 4 is 27.0 Å². The second-order valence-electron chi connectivity index (χ2n) is 4.61. The third-order valence-corrected chi connectivity index (χ3v) is 5.51. The van der Waals surface area contributed by atoms with E-state index in [4.69, 9.17) is 18.0 Å². The average molecular weight is 263 g/mol. The molecule has 0 unspecified atom stereocenters. The van der Waals surface area contributed by atoms with Gasteiger partial charge in [0.1, 0.15) is 0 Å². The van der Waals surface area contributed by atoms with E-state index in [-0.39, 0.29) is 17.4 Å². The molecular formula is C11H21NO2S2. The summed E-state index contributed by atoms with van der Waals surface area (Å²) in [5.74, 6) is 0.593. The van der Waals surface area contributed by atoms with E-state index in [0.29, 0.717) is 10.9 Å². The number of hydrogen-bond donors (Lipinski definition) is 1. The molecule has 1 atom stereocenters. The molecule has 0 amide bonds. The first-order valence-corrected chi connectivity index (χ1v) is 8.19. The maximum atomic E-state index is 11.6. The summed E-state index contributed by atoms with van der Waals surface area (Å²) in [5.41, 5.74) is 5.70. The normalized spacial score (nSPS) is 20.6. The zero-order valence-electron chi connectivity index (χ0n) is 9.81. The van der Waals surface area contributed by atoms with Gasteiger partial charge in [0.05, 0.1) is 10.7 Å². The fourth-order valence-electron chi connectivity index (χ4n) is 2.38.